The second-order valence-electron chi connectivity index (χ2n) is 2.52. The summed E-state index contributed by atoms with van der Waals surface area (Å²) >= 11 is 1.87. The van der Waals surface area contributed by atoms with Crippen molar-refractivity contribution < 1.29 is 0 Å². The van der Waals surface area contributed by atoms with Crippen LogP contribution >= 0.6 is 11.8 Å². The molecule has 0 fully saturated rings. The standard InChI is InChI=1S/C10H13S/c1-3-7-11-10-6-4-5-9(2)8-10/h4-6,8H,1,3,7H2,2H3. The smallest absolute Gasteiger partial charge is 0.00745 e. The van der Waals surface area contributed by atoms with Gasteiger partial charge in [0.2, 0.25) is 0 Å². The molecule has 1 rings (SSSR count). The largest absolute Gasteiger partial charge is 0.126 e. The van der Waals surface area contributed by atoms with Gasteiger partial charge in [-0.3, -0.25) is 0 Å². The van der Waals surface area contributed by atoms with Gasteiger partial charge in [0.05, 0.1) is 0 Å². The van der Waals surface area contributed by atoms with E-state index >= 15 is 0 Å². The lowest BCUT2D eigenvalue weighted by Gasteiger charge is -1.99. The molecule has 0 nitrogen and oxygen atoms in total. The normalized spacial score (nSPS) is 10.0. The summed E-state index contributed by atoms with van der Waals surface area (Å²) in [6.45, 7) is 5.92. The molecule has 0 spiro atoms. The molecule has 0 bridgehead atoms. The van der Waals surface area contributed by atoms with Crippen molar-refractivity contribution in [3.63, 3.8) is 0 Å². The fourth-order valence-corrected chi connectivity index (χ4v) is 1.72. The number of aryl methyl sites for hydroxylation is 1. The highest BCUT2D eigenvalue weighted by Crippen LogP contribution is 2.18. The van der Waals surface area contributed by atoms with E-state index in [0.717, 1.165) is 12.2 Å². The number of hydrogen-bond donors (Lipinski definition) is 0. The molecule has 0 aliphatic heterocycles. The van der Waals surface area contributed by atoms with E-state index in [4.69, 9.17) is 0 Å². The maximum Gasteiger partial charge on any atom is 0.00745 e. The Labute approximate surface area is 73.0 Å². The summed E-state index contributed by atoms with van der Waals surface area (Å²) in [5, 5.41) is 0. The van der Waals surface area contributed by atoms with Crippen molar-refractivity contribution in [2.75, 3.05) is 5.75 Å². The Morgan fingerprint density at radius 3 is 2.91 bits per heavy atom. The summed E-state index contributed by atoms with van der Waals surface area (Å²) in [6, 6.07) is 8.57. The van der Waals surface area contributed by atoms with Crippen LogP contribution in [0.5, 0.6) is 0 Å². The van der Waals surface area contributed by atoms with Gasteiger partial charge in [0, 0.05) is 4.90 Å². The molecule has 1 radical (unpaired) electrons. The SMILES string of the molecule is [CH2]CCSc1cccc(C)c1. The van der Waals surface area contributed by atoms with E-state index in [9.17, 15) is 0 Å². The van der Waals surface area contributed by atoms with Crippen LogP contribution in [0.25, 0.3) is 0 Å². The zero-order chi connectivity index (χ0) is 8.10. The highest BCUT2D eigenvalue weighted by atomic mass is 32.2. The zero-order valence-electron chi connectivity index (χ0n) is 6.84. The maximum atomic E-state index is 3.80. The lowest BCUT2D eigenvalue weighted by molar-refractivity contribution is 1.24. The summed E-state index contributed by atoms with van der Waals surface area (Å²) in [7, 11) is 0. The van der Waals surface area contributed by atoms with Gasteiger partial charge in [-0.2, -0.15) is 0 Å². The van der Waals surface area contributed by atoms with E-state index in [1.54, 1.807) is 0 Å². The molecule has 0 saturated heterocycles. The quantitative estimate of drug-likeness (QED) is 0.619. The van der Waals surface area contributed by atoms with Crippen molar-refractivity contribution in [3.05, 3.63) is 36.8 Å². The van der Waals surface area contributed by atoms with Crippen molar-refractivity contribution in [2.45, 2.75) is 18.2 Å². The number of thioether (sulfide) groups is 1. The average molecular weight is 165 g/mol. The van der Waals surface area contributed by atoms with Crippen molar-refractivity contribution in [2.24, 2.45) is 0 Å². The van der Waals surface area contributed by atoms with Crippen molar-refractivity contribution >= 4 is 11.8 Å². The first-order chi connectivity index (χ1) is 5.33. The van der Waals surface area contributed by atoms with Gasteiger partial charge < -0.3 is 0 Å². The summed E-state index contributed by atoms with van der Waals surface area (Å²) in [5.74, 6) is 1.11. The van der Waals surface area contributed by atoms with Crippen LogP contribution in [0.2, 0.25) is 0 Å². The van der Waals surface area contributed by atoms with Crippen LogP contribution in [0, 0.1) is 13.8 Å². The second kappa shape index (κ2) is 4.45. The number of benzene rings is 1. The molecule has 0 N–H and O–H groups in total. The average Bonchev–Trinajstić information content (AvgIpc) is 2.01. The molecule has 0 saturated carbocycles. The van der Waals surface area contributed by atoms with Crippen molar-refractivity contribution in [1.29, 1.82) is 0 Å². The van der Waals surface area contributed by atoms with E-state index in [1.807, 2.05) is 11.8 Å². The molecule has 0 aliphatic carbocycles. The molecule has 59 valence electrons. The highest BCUT2D eigenvalue weighted by molar-refractivity contribution is 7.99. The lowest BCUT2D eigenvalue weighted by atomic mass is 10.2. The van der Waals surface area contributed by atoms with Crippen LogP contribution in [-0.4, -0.2) is 5.75 Å². The molecule has 0 aliphatic rings. The Morgan fingerprint density at radius 1 is 1.45 bits per heavy atom. The molecule has 0 aromatic heterocycles. The lowest BCUT2D eigenvalue weighted by Crippen LogP contribution is -1.77. The Bertz CT molecular complexity index is 218. The monoisotopic (exact) mass is 165 g/mol. The number of hydrogen-bond acceptors (Lipinski definition) is 1. The first kappa shape index (κ1) is 8.66. The Hall–Kier alpha value is -0.430. The van der Waals surface area contributed by atoms with Gasteiger partial charge in [-0.25, -0.2) is 0 Å². The van der Waals surface area contributed by atoms with Crippen LogP contribution in [0.3, 0.4) is 0 Å². The summed E-state index contributed by atoms with van der Waals surface area (Å²) in [6.07, 6.45) is 0.999. The van der Waals surface area contributed by atoms with Crippen LogP contribution in [0.15, 0.2) is 29.2 Å². The fourth-order valence-electron chi connectivity index (χ4n) is 0.895. The fraction of sp³-hybridized carbons (Fsp3) is 0.300. The van der Waals surface area contributed by atoms with Crippen LogP contribution in [-0.2, 0) is 0 Å². The summed E-state index contributed by atoms with van der Waals surface area (Å²) < 4.78 is 0. The minimum atomic E-state index is 0.999. The minimum Gasteiger partial charge on any atom is -0.126 e. The van der Waals surface area contributed by atoms with Gasteiger partial charge >= 0.3 is 0 Å². The van der Waals surface area contributed by atoms with E-state index in [1.165, 1.54) is 10.5 Å². The third kappa shape index (κ3) is 2.98. The molecule has 1 heteroatoms. The molecule has 0 atom stereocenters. The van der Waals surface area contributed by atoms with E-state index in [-0.39, 0.29) is 0 Å². The van der Waals surface area contributed by atoms with Gasteiger partial charge in [0.1, 0.15) is 0 Å². The van der Waals surface area contributed by atoms with Crippen molar-refractivity contribution in [1.82, 2.24) is 0 Å². The predicted octanol–water partition coefficient (Wildman–Crippen LogP) is 3.31. The molecular weight excluding hydrogens is 152 g/mol. The molecular formula is C10H13S. The topological polar surface area (TPSA) is 0 Å². The van der Waals surface area contributed by atoms with Crippen molar-refractivity contribution in [3.8, 4) is 0 Å². The number of rotatable bonds is 3. The summed E-state index contributed by atoms with van der Waals surface area (Å²) in [5.41, 5.74) is 1.33. The maximum absolute atomic E-state index is 3.80. The molecule has 1 aromatic carbocycles. The third-order valence-electron chi connectivity index (χ3n) is 1.40. The first-order valence-corrected chi connectivity index (χ1v) is 4.80. The zero-order valence-corrected chi connectivity index (χ0v) is 7.66. The molecule has 1 aromatic rings. The van der Waals surface area contributed by atoms with Gasteiger partial charge in [-0.05, 0) is 31.2 Å². The van der Waals surface area contributed by atoms with Gasteiger partial charge in [-0.15, -0.1) is 11.8 Å². The first-order valence-electron chi connectivity index (χ1n) is 3.81. The Balaban J connectivity index is 2.56. The van der Waals surface area contributed by atoms with E-state index < -0.39 is 0 Å². The molecule has 0 amide bonds. The van der Waals surface area contributed by atoms with Gasteiger partial charge in [0.25, 0.3) is 0 Å². The Morgan fingerprint density at radius 2 is 2.27 bits per heavy atom. The van der Waals surface area contributed by atoms with Crippen LogP contribution < -0.4 is 0 Å². The highest BCUT2D eigenvalue weighted by Gasteiger charge is 1.91. The Kier molecular flexibility index (Phi) is 3.50. The molecule has 0 heterocycles. The minimum absolute atomic E-state index is 0.999. The second-order valence-corrected chi connectivity index (χ2v) is 3.69. The van der Waals surface area contributed by atoms with Crippen LogP contribution in [0.1, 0.15) is 12.0 Å². The van der Waals surface area contributed by atoms with E-state index in [0.29, 0.717) is 0 Å². The summed E-state index contributed by atoms with van der Waals surface area (Å²) in [4.78, 5) is 1.36. The van der Waals surface area contributed by atoms with E-state index in [2.05, 4.69) is 38.1 Å². The molecule has 11 heavy (non-hydrogen) atoms. The van der Waals surface area contributed by atoms with Gasteiger partial charge in [-0.1, -0.05) is 24.6 Å². The molecule has 0 unspecified atom stereocenters. The predicted molar refractivity (Wildman–Crippen MR) is 51.9 cm³/mol. The van der Waals surface area contributed by atoms with Gasteiger partial charge in [0.15, 0.2) is 0 Å². The third-order valence-corrected chi connectivity index (χ3v) is 2.48. The van der Waals surface area contributed by atoms with Crippen LogP contribution in [0.4, 0.5) is 0 Å².